The Labute approximate surface area is 93.8 Å². The average molecular weight is 266 g/mol. The van der Waals surface area contributed by atoms with Crippen molar-refractivity contribution >= 4 is 38.5 Å². The molecule has 0 aliphatic heterocycles. The SMILES string of the molecule is CS(=O)(=O)OC(=O)/C(=N\O)c1nsc(N)n1. The molecule has 0 aliphatic carbocycles. The Morgan fingerprint density at radius 1 is 1.62 bits per heavy atom. The van der Waals surface area contributed by atoms with Crippen molar-refractivity contribution in [3.05, 3.63) is 5.82 Å². The largest absolute Gasteiger partial charge is 0.410 e. The predicted molar refractivity (Wildman–Crippen MR) is 53.6 cm³/mol. The van der Waals surface area contributed by atoms with Crippen molar-refractivity contribution in [2.24, 2.45) is 5.16 Å². The molecule has 1 rings (SSSR count). The van der Waals surface area contributed by atoms with Gasteiger partial charge in [0.15, 0.2) is 5.13 Å². The van der Waals surface area contributed by atoms with Crippen LogP contribution in [0.15, 0.2) is 5.16 Å². The molecule has 0 spiro atoms. The fourth-order valence-corrected chi connectivity index (χ4v) is 1.47. The lowest BCUT2D eigenvalue weighted by Crippen LogP contribution is -2.23. The Morgan fingerprint density at radius 3 is 2.62 bits per heavy atom. The molecule has 3 N–H and O–H groups in total. The van der Waals surface area contributed by atoms with Crippen LogP contribution in [0.5, 0.6) is 0 Å². The molecule has 0 amide bonds. The monoisotopic (exact) mass is 266 g/mol. The van der Waals surface area contributed by atoms with Gasteiger partial charge in [0.2, 0.25) is 11.5 Å². The molecule has 0 radical (unpaired) electrons. The van der Waals surface area contributed by atoms with Crippen LogP contribution in [0, 0.1) is 0 Å². The van der Waals surface area contributed by atoms with Crippen molar-refractivity contribution in [1.82, 2.24) is 9.36 Å². The summed E-state index contributed by atoms with van der Waals surface area (Å²) < 4.78 is 28.8. The lowest BCUT2D eigenvalue weighted by Gasteiger charge is -1.99. The molecule has 11 heteroatoms. The van der Waals surface area contributed by atoms with Crippen molar-refractivity contribution in [3.63, 3.8) is 0 Å². The van der Waals surface area contributed by atoms with E-state index in [1.807, 2.05) is 0 Å². The van der Waals surface area contributed by atoms with E-state index in [2.05, 4.69) is 18.7 Å². The zero-order chi connectivity index (χ0) is 12.3. The van der Waals surface area contributed by atoms with Crippen molar-refractivity contribution in [2.45, 2.75) is 0 Å². The third-order valence-electron chi connectivity index (χ3n) is 1.17. The van der Waals surface area contributed by atoms with E-state index in [4.69, 9.17) is 10.9 Å². The highest BCUT2D eigenvalue weighted by atomic mass is 32.2. The van der Waals surface area contributed by atoms with Crippen LogP contribution in [-0.2, 0) is 19.1 Å². The number of aromatic nitrogens is 2. The minimum atomic E-state index is -4.00. The standard InChI is InChI=1S/C5H6N4O5S2/c1-16(12,13)14-4(10)2(8-11)3-7-5(6)15-9-3/h11H,1H3,(H2,6,7,9)/b8-2-. The first kappa shape index (κ1) is 12.3. The lowest BCUT2D eigenvalue weighted by atomic mass is 10.4. The lowest BCUT2D eigenvalue weighted by molar-refractivity contribution is -0.126. The van der Waals surface area contributed by atoms with Crippen molar-refractivity contribution in [2.75, 3.05) is 12.0 Å². The summed E-state index contributed by atoms with van der Waals surface area (Å²) in [5.74, 6) is -1.69. The Balaban J connectivity index is 2.97. The van der Waals surface area contributed by atoms with E-state index in [9.17, 15) is 13.2 Å². The number of nitrogen functional groups attached to an aromatic ring is 1. The smallest absolute Gasteiger partial charge is 0.379 e. The maximum atomic E-state index is 11.2. The number of nitrogens with two attached hydrogens (primary N) is 1. The number of rotatable bonds is 3. The Hall–Kier alpha value is -1.75. The molecule has 0 unspecified atom stereocenters. The molecule has 0 aliphatic rings. The highest BCUT2D eigenvalue weighted by Crippen LogP contribution is 2.08. The Kier molecular flexibility index (Phi) is 3.39. The molecule has 0 saturated heterocycles. The van der Waals surface area contributed by atoms with Gasteiger partial charge in [0.1, 0.15) is 0 Å². The molecule has 0 fully saturated rings. The quantitative estimate of drug-likeness (QED) is 0.300. The zero-order valence-electron chi connectivity index (χ0n) is 7.82. The fraction of sp³-hybridized carbons (Fsp3) is 0.200. The third-order valence-corrected chi connectivity index (χ3v) is 2.17. The molecule has 1 aromatic heterocycles. The van der Waals surface area contributed by atoms with Crippen LogP contribution in [-0.4, -0.2) is 40.9 Å². The highest BCUT2D eigenvalue weighted by molar-refractivity contribution is 7.86. The maximum absolute atomic E-state index is 11.2. The van der Waals surface area contributed by atoms with E-state index in [1.54, 1.807) is 0 Å². The van der Waals surface area contributed by atoms with Crippen LogP contribution < -0.4 is 5.73 Å². The third kappa shape index (κ3) is 3.13. The summed E-state index contributed by atoms with van der Waals surface area (Å²) in [4.78, 5) is 14.7. The number of hydrogen-bond acceptors (Lipinski definition) is 10. The highest BCUT2D eigenvalue weighted by Gasteiger charge is 2.24. The number of nitrogens with zero attached hydrogens (tertiary/aromatic N) is 3. The van der Waals surface area contributed by atoms with Gasteiger partial charge in [-0.15, -0.1) is 0 Å². The summed E-state index contributed by atoms with van der Waals surface area (Å²) >= 11 is 0.751. The van der Waals surface area contributed by atoms with Gasteiger partial charge in [-0.2, -0.15) is 17.8 Å². The van der Waals surface area contributed by atoms with Crippen LogP contribution in [0.4, 0.5) is 5.13 Å². The topological polar surface area (TPSA) is 145 Å². The first-order valence-electron chi connectivity index (χ1n) is 3.59. The maximum Gasteiger partial charge on any atom is 0.379 e. The van der Waals surface area contributed by atoms with Crippen molar-refractivity contribution in [3.8, 4) is 0 Å². The molecular weight excluding hydrogens is 260 g/mol. The van der Waals surface area contributed by atoms with Gasteiger partial charge in [0, 0.05) is 11.5 Å². The van der Waals surface area contributed by atoms with Crippen LogP contribution >= 0.6 is 11.5 Å². The second kappa shape index (κ2) is 4.40. The number of oxime groups is 1. The molecule has 0 aromatic carbocycles. The summed E-state index contributed by atoms with van der Waals surface area (Å²) in [6.45, 7) is 0. The number of anilines is 1. The Bertz CT molecular complexity index is 533. The molecule has 0 atom stereocenters. The van der Waals surface area contributed by atoms with E-state index in [0.717, 1.165) is 11.5 Å². The van der Waals surface area contributed by atoms with Gasteiger partial charge in [0.05, 0.1) is 6.26 Å². The van der Waals surface area contributed by atoms with Crippen molar-refractivity contribution < 1.29 is 22.6 Å². The van der Waals surface area contributed by atoms with Crippen LogP contribution in [0.25, 0.3) is 0 Å². The molecule has 1 heterocycles. The normalized spacial score (nSPS) is 12.4. The fourth-order valence-electron chi connectivity index (χ4n) is 0.685. The molecule has 0 saturated carbocycles. The van der Waals surface area contributed by atoms with E-state index in [0.29, 0.717) is 6.26 Å². The number of hydrogen-bond donors (Lipinski definition) is 2. The van der Waals surface area contributed by atoms with E-state index in [1.165, 1.54) is 0 Å². The number of carbonyl (C=O) groups is 1. The van der Waals surface area contributed by atoms with Gasteiger partial charge in [-0.3, -0.25) is 0 Å². The Morgan fingerprint density at radius 2 is 2.25 bits per heavy atom. The summed E-state index contributed by atoms with van der Waals surface area (Å²) in [7, 11) is -4.00. The zero-order valence-corrected chi connectivity index (χ0v) is 9.45. The molecular formula is C5H6N4O5S2. The second-order valence-electron chi connectivity index (χ2n) is 2.48. The molecule has 9 nitrogen and oxygen atoms in total. The van der Waals surface area contributed by atoms with E-state index < -0.39 is 21.8 Å². The van der Waals surface area contributed by atoms with Crippen LogP contribution in [0.2, 0.25) is 0 Å². The second-order valence-corrected chi connectivity index (χ2v) is 4.84. The summed E-state index contributed by atoms with van der Waals surface area (Å²) in [5.41, 5.74) is 4.50. The minimum Gasteiger partial charge on any atom is -0.410 e. The molecule has 1 aromatic rings. The molecule has 88 valence electrons. The summed E-state index contributed by atoms with van der Waals surface area (Å²) in [6, 6.07) is 0. The van der Waals surface area contributed by atoms with E-state index in [-0.39, 0.29) is 11.0 Å². The molecule has 16 heavy (non-hydrogen) atoms. The predicted octanol–water partition coefficient (Wildman–Crippen LogP) is -1.20. The minimum absolute atomic E-state index is 0.0308. The van der Waals surface area contributed by atoms with E-state index >= 15 is 0 Å². The van der Waals surface area contributed by atoms with Crippen LogP contribution in [0.3, 0.4) is 0 Å². The van der Waals surface area contributed by atoms with Crippen molar-refractivity contribution in [1.29, 1.82) is 0 Å². The van der Waals surface area contributed by atoms with Gasteiger partial charge < -0.3 is 15.1 Å². The van der Waals surface area contributed by atoms with Gasteiger partial charge in [-0.05, 0) is 0 Å². The summed E-state index contributed by atoms with van der Waals surface area (Å²) in [6.07, 6.45) is 0.669. The van der Waals surface area contributed by atoms with Gasteiger partial charge >= 0.3 is 16.1 Å². The average Bonchev–Trinajstić information content (AvgIpc) is 2.49. The van der Waals surface area contributed by atoms with Gasteiger partial charge in [-0.25, -0.2) is 4.79 Å². The summed E-state index contributed by atoms with van der Waals surface area (Å²) in [5, 5.41) is 11.1. The van der Waals surface area contributed by atoms with Crippen LogP contribution in [0.1, 0.15) is 5.82 Å². The first-order chi connectivity index (χ1) is 7.33. The number of carbonyl (C=O) groups excluding carboxylic acids is 1. The molecule has 0 bridgehead atoms. The van der Waals surface area contributed by atoms with Gasteiger partial charge in [0.25, 0.3) is 0 Å². The van der Waals surface area contributed by atoms with Gasteiger partial charge in [-0.1, -0.05) is 5.16 Å². The first-order valence-corrected chi connectivity index (χ1v) is 6.18.